The zero-order valence-corrected chi connectivity index (χ0v) is 23.5. The fraction of sp³-hybridized carbons (Fsp3) is 0.400. The van der Waals surface area contributed by atoms with E-state index in [1.54, 1.807) is 0 Å². The monoisotopic (exact) mass is 548 g/mol. The van der Waals surface area contributed by atoms with E-state index in [1.807, 2.05) is 32.9 Å². The average molecular weight is 549 g/mol. The molecule has 0 bridgehead atoms. The van der Waals surface area contributed by atoms with Crippen molar-refractivity contribution in [3.05, 3.63) is 70.9 Å². The van der Waals surface area contributed by atoms with Crippen LogP contribution in [0.1, 0.15) is 44.3 Å². The van der Waals surface area contributed by atoms with Crippen LogP contribution in [0.4, 0.5) is 15.9 Å². The van der Waals surface area contributed by atoms with Crippen LogP contribution >= 0.6 is 11.6 Å². The van der Waals surface area contributed by atoms with Crippen molar-refractivity contribution in [2.75, 3.05) is 36.0 Å². The normalized spacial score (nSPS) is 16.7. The zero-order valence-electron chi connectivity index (χ0n) is 22.8. The Hall–Kier alpha value is -3.70. The van der Waals surface area contributed by atoms with Gasteiger partial charge in [-0.25, -0.2) is 14.4 Å². The second-order valence-electron chi connectivity index (χ2n) is 9.39. The lowest BCUT2D eigenvalue weighted by Gasteiger charge is -2.42. The van der Waals surface area contributed by atoms with Crippen LogP contribution in [-0.2, 0) is 24.2 Å². The number of rotatable bonds is 5. The molecule has 3 aromatic rings. The number of benzene rings is 2. The van der Waals surface area contributed by atoms with Crippen LogP contribution < -0.4 is 9.80 Å². The number of nitriles is 1. The van der Waals surface area contributed by atoms with Crippen molar-refractivity contribution in [3.8, 4) is 6.07 Å². The van der Waals surface area contributed by atoms with E-state index in [2.05, 4.69) is 46.7 Å². The third-order valence-corrected chi connectivity index (χ3v) is 7.50. The number of amides is 1. The summed E-state index contributed by atoms with van der Waals surface area (Å²) in [5.74, 6) is -0.147. The van der Waals surface area contributed by atoms with Crippen LogP contribution in [0.25, 0.3) is 10.8 Å². The quantitative estimate of drug-likeness (QED) is 0.372. The molecule has 3 heterocycles. The number of fused-ring (bicyclic) bond motifs is 2. The van der Waals surface area contributed by atoms with Gasteiger partial charge in [-0.1, -0.05) is 63.2 Å². The molecule has 0 spiro atoms. The first-order valence-corrected chi connectivity index (χ1v) is 13.9. The number of aromatic nitrogens is 2. The number of carbonyl (C=O) groups is 1. The van der Waals surface area contributed by atoms with E-state index >= 15 is 0 Å². The van der Waals surface area contributed by atoms with Gasteiger partial charge in [0, 0.05) is 49.2 Å². The highest BCUT2D eigenvalue weighted by molar-refractivity contribution is 6.36. The molecule has 1 amide bonds. The summed E-state index contributed by atoms with van der Waals surface area (Å²) in [6.07, 6.45) is 1.54. The second kappa shape index (κ2) is 12.4. The zero-order chi connectivity index (χ0) is 28.1. The van der Waals surface area contributed by atoms with Crippen LogP contribution in [0.2, 0.25) is 5.02 Å². The Balaban J connectivity index is 0.00000172. The van der Waals surface area contributed by atoms with Crippen molar-refractivity contribution in [2.45, 2.75) is 52.6 Å². The summed E-state index contributed by atoms with van der Waals surface area (Å²) in [6.45, 7) is 11.8. The van der Waals surface area contributed by atoms with E-state index in [0.717, 1.165) is 57.3 Å². The Labute approximate surface area is 234 Å². The third kappa shape index (κ3) is 5.69. The summed E-state index contributed by atoms with van der Waals surface area (Å²) in [7, 11) is 0. The molecule has 39 heavy (non-hydrogen) atoms. The Kier molecular flexibility index (Phi) is 9.03. The average Bonchev–Trinajstić information content (AvgIpc) is 2.97. The van der Waals surface area contributed by atoms with Crippen molar-refractivity contribution in [1.29, 1.82) is 5.26 Å². The van der Waals surface area contributed by atoms with Crippen LogP contribution in [-0.4, -0.2) is 53.0 Å². The molecule has 1 unspecified atom stereocenters. The van der Waals surface area contributed by atoms with Crippen molar-refractivity contribution in [2.24, 2.45) is 0 Å². The standard InChI is InChI=1S/C28H28ClFN6O.C2H6/c1-3-25-32-23-17-34(24-9-5-7-19-6-4-8-22(29)26(19)24)13-11-21(23)27(33-25)35-14-15-36(28(37)18(2)30)20(16-35)10-12-31;1-2/h4-9,20H,2-3,10-11,13-17H2,1H3;1-2H3. The van der Waals surface area contributed by atoms with Crippen LogP contribution in [0.5, 0.6) is 0 Å². The van der Waals surface area contributed by atoms with Crippen LogP contribution in [0.15, 0.2) is 48.8 Å². The minimum absolute atomic E-state index is 0.110. The van der Waals surface area contributed by atoms with Gasteiger partial charge in [-0.05, 0) is 23.9 Å². The van der Waals surface area contributed by atoms with Crippen LogP contribution in [0.3, 0.4) is 0 Å². The number of hydrogen-bond acceptors (Lipinski definition) is 6. The van der Waals surface area contributed by atoms with E-state index in [-0.39, 0.29) is 6.42 Å². The molecule has 1 fully saturated rings. The Morgan fingerprint density at radius 2 is 1.90 bits per heavy atom. The summed E-state index contributed by atoms with van der Waals surface area (Å²) in [6, 6.07) is 13.9. The molecule has 0 aliphatic carbocycles. The highest BCUT2D eigenvalue weighted by Gasteiger charge is 2.34. The second-order valence-corrected chi connectivity index (χ2v) is 9.80. The predicted molar refractivity (Wildman–Crippen MR) is 155 cm³/mol. The molecule has 0 N–H and O–H groups in total. The summed E-state index contributed by atoms with van der Waals surface area (Å²) in [5, 5.41) is 12.2. The van der Waals surface area contributed by atoms with Crippen molar-refractivity contribution in [3.63, 3.8) is 0 Å². The molecule has 1 saturated heterocycles. The Morgan fingerprint density at radius 1 is 1.15 bits per heavy atom. The first kappa shape index (κ1) is 28.3. The van der Waals surface area contributed by atoms with E-state index in [4.69, 9.17) is 21.6 Å². The summed E-state index contributed by atoms with van der Waals surface area (Å²) in [4.78, 5) is 28.0. The SMILES string of the molecule is C=C(F)C(=O)N1CCN(c2nc(CC)nc3c2CCN(c2cccc4cccc(Cl)c24)C3)CC1CC#N.CC. The minimum Gasteiger partial charge on any atom is -0.365 e. The van der Waals surface area contributed by atoms with Gasteiger partial charge in [-0.2, -0.15) is 5.26 Å². The number of nitrogens with zero attached hydrogens (tertiary/aromatic N) is 6. The summed E-state index contributed by atoms with van der Waals surface area (Å²) in [5.41, 5.74) is 3.15. The smallest absolute Gasteiger partial charge is 0.282 e. The van der Waals surface area contributed by atoms with E-state index in [0.29, 0.717) is 32.6 Å². The molecule has 5 rings (SSSR count). The van der Waals surface area contributed by atoms with Gasteiger partial charge in [0.05, 0.1) is 35.8 Å². The van der Waals surface area contributed by atoms with Gasteiger partial charge in [-0.15, -0.1) is 0 Å². The molecule has 0 saturated carbocycles. The molecule has 2 aliphatic rings. The lowest BCUT2D eigenvalue weighted by molar-refractivity contribution is -0.131. The fourth-order valence-electron chi connectivity index (χ4n) is 5.38. The molecule has 9 heteroatoms. The minimum atomic E-state index is -1.00. The predicted octanol–water partition coefficient (Wildman–Crippen LogP) is 5.85. The molecule has 7 nitrogen and oxygen atoms in total. The fourth-order valence-corrected chi connectivity index (χ4v) is 5.66. The number of piperazine rings is 1. The van der Waals surface area contributed by atoms with E-state index < -0.39 is 17.8 Å². The number of carbonyl (C=O) groups excluding carboxylic acids is 1. The molecule has 204 valence electrons. The summed E-state index contributed by atoms with van der Waals surface area (Å²) < 4.78 is 13.6. The lowest BCUT2D eigenvalue weighted by atomic mass is 10.0. The Morgan fingerprint density at radius 3 is 2.59 bits per heavy atom. The topological polar surface area (TPSA) is 76.4 Å². The van der Waals surface area contributed by atoms with Gasteiger partial charge in [-0.3, -0.25) is 4.79 Å². The number of hydrogen-bond donors (Lipinski definition) is 0. The summed E-state index contributed by atoms with van der Waals surface area (Å²) >= 11 is 6.61. The highest BCUT2D eigenvalue weighted by Crippen LogP contribution is 2.36. The van der Waals surface area contributed by atoms with Crippen molar-refractivity contribution < 1.29 is 9.18 Å². The van der Waals surface area contributed by atoms with Gasteiger partial charge >= 0.3 is 0 Å². The molecule has 1 aromatic heterocycles. The van der Waals surface area contributed by atoms with Crippen molar-refractivity contribution >= 4 is 39.8 Å². The molecular weight excluding hydrogens is 515 g/mol. The molecule has 1 atom stereocenters. The maximum atomic E-state index is 13.6. The third-order valence-electron chi connectivity index (χ3n) is 7.18. The van der Waals surface area contributed by atoms with Gasteiger partial charge in [0.25, 0.3) is 5.91 Å². The molecule has 2 aromatic carbocycles. The maximum absolute atomic E-state index is 13.6. The Bertz CT molecular complexity index is 1420. The van der Waals surface area contributed by atoms with Gasteiger partial charge in [0.1, 0.15) is 11.6 Å². The largest absolute Gasteiger partial charge is 0.365 e. The maximum Gasteiger partial charge on any atom is 0.282 e. The van der Waals surface area contributed by atoms with E-state index in [9.17, 15) is 14.4 Å². The number of halogens is 2. The molecule has 0 radical (unpaired) electrons. The lowest BCUT2D eigenvalue weighted by Crippen LogP contribution is -2.55. The van der Waals surface area contributed by atoms with Crippen LogP contribution in [0, 0.1) is 11.3 Å². The van der Waals surface area contributed by atoms with Gasteiger partial charge in [0.15, 0.2) is 5.83 Å². The highest BCUT2D eigenvalue weighted by atomic mass is 35.5. The first-order chi connectivity index (χ1) is 18.9. The molecule has 2 aliphatic heterocycles. The van der Waals surface area contributed by atoms with Gasteiger partial charge in [0.2, 0.25) is 0 Å². The number of anilines is 2. The van der Waals surface area contributed by atoms with Gasteiger partial charge < -0.3 is 14.7 Å². The van der Waals surface area contributed by atoms with E-state index in [1.165, 1.54) is 4.90 Å². The first-order valence-electron chi connectivity index (χ1n) is 13.5. The number of aryl methyl sites for hydroxylation is 1. The molecular formula is C30H34ClFN6O. The van der Waals surface area contributed by atoms with Crippen molar-refractivity contribution in [1.82, 2.24) is 14.9 Å².